The highest BCUT2D eigenvalue weighted by atomic mass is 35.5. The Bertz CT molecular complexity index is 474. The number of hydrogen-bond donors (Lipinski definition) is 1. The van der Waals surface area contributed by atoms with Gasteiger partial charge in [0.15, 0.2) is 0 Å². The molecule has 0 unspecified atom stereocenters. The normalized spacial score (nSPS) is 10.6. The number of nitro groups is 1. The van der Waals surface area contributed by atoms with Gasteiger partial charge < -0.3 is 10.6 Å². The molecule has 7 heteroatoms. The van der Waals surface area contributed by atoms with Gasteiger partial charge >= 0.3 is 0 Å². The van der Waals surface area contributed by atoms with Crippen molar-refractivity contribution in [2.75, 3.05) is 20.1 Å². The van der Waals surface area contributed by atoms with Gasteiger partial charge in [-0.3, -0.25) is 14.9 Å². The summed E-state index contributed by atoms with van der Waals surface area (Å²) in [5.41, 5.74) is 5.88. The van der Waals surface area contributed by atoms with Crippen molar-refractivity contribution < 1.29 is 9.72 Å². The van der Waals surface area contributed by atoms with Crippen LogP contribution >= 0.6 is 12.4 Å². The van der Waals surface area contributed by atoms with E-state index in [0.717, 1.165) is 0 Å². The largest absolute Gasteiger partial charge is 0.341 e. The lowest BCUT2D eigenvalue weighted by atomic mass is 9.93. The fourth-order valence-electron chi connectivity index (χ4n) is 1.72. The summed E-state index contributed by atoms with van der Waals surface area (Å²) in [6.45, 7) is 4.96. The lowest BCUT2D eigenvalue weighted by molar-refractivity contribution is -0.384. The molecule has 1 amide bonds. The number of hydrogen-bond acceptors (Lipinski definition) is 4. The van der Waals surface area contributed by atoms with Gasteiger partial charge in [-0.25, -0.2) is 0 Å². The zero-order valence-corrected chi connectivity index (χ0v) is 12.6. The summed E-state index contributed by atoms with van der Waals surface area (Å²) in [6.07, 6.45) is 0. The number of rotatable bonds is 5. The van der Waals surface area contributed by atoms with E-state index >= 15 is 0 Å². The van der Waals surface area contributed by atoms with Gasteiger partial charge in [0.2, 0.25) is 0 Å². The van der Waals surface area contributed by atoms with Crippen LogP contribution in [0.25, 0.3) is 0 Å². The maximum absolute atomic E-state index is 12.1. The molecule has 0 fully saturated rings. The lowest BCUT2D eigenvalue weighted by Gasteiger charge is -2.29. The molecule has 2 N–H and O–H groups in total. The average Bonchev–Trinajstić information content (AvgIpc) is 2.37. The summed E-state index contributed by atoms with van der Waals surface area (Å²) in [7, 11) is 1.70. The lowest BCUT2D eigenvalue weighted by Crippen LogP contribution is -2.39. The molecular formula is C13H20ClN3O3. The van der Waals surface area contributed by atoms with E-state index in [0.29, 0.717) is 18.7 Å². The Morgan fingerprint density at radius 2 is 1.85 bits per heavy atom. The average molecular weight is 302 g/mol. The number of halogens is 1. The Hall–Kier alpha value is -1.66. The predicted octanol–water partition coefficient (Wildman–Crippen LogP) is 2.07. The molecular weight excluding hydrogens is 282 g/mol. The minimum atomic E-state index is -0.491. The Morgan fingerprint density at radius 1 is 1.35 bits per heavy atom. The molecule has 0 heterocycles. The van der Waals surface area contributed by atoms with E-state index in [4.69, 9.17) is 5.73 Å². The third-order valence-electron chi connectivity index (χ3n) is 2.89. The quantitative estimate of drug-likeness (QED) is 0.666. The molecule has 0 aliphatic heterocycles. The van der Waals surface area contributed by atoms with Gasteiger partial charge in [0.05, 0.1) is 4.92 Å². The van der Waals surface area contributed by atoms with Crippen LogP contribution < -0.4 is 5.73 Å². The minimum absolute atomic E-state index is 0. The van der Waals surface area contributed by atoms with Crippen LogP contribution in [0.4, 0.5) is 5.69 Å². The van der Waals surface area contributed by atoms with E-state index in [1.54, 1.807) is 11.9 Å². The third kappa shape index (κ3) is 4.79. The third-order valence-corrected chi connectivity index (χ3v) is 2.89. The van der Waals surface area contributed by atoms with Crippen molar-refractivity contribution in [2.45, 2.75) is 13.8 Å². The molecule has 20 heavy (non-hydrogen) atoms. The Morgan fingerprint density at radius 3 is 2.25 bits per heavy atom. The highest BCUT2D eigenvalue weighted by molar-refractivity contribution is 5.94. The van der Waals surface area contributed by atoms with Crippen molar-refractivity contribution in [3.05, 3.63) is 39.9 Å². The summed E-state index contributed by atoms with van der Waals surface area (Å²) in [5.74, 6) is -0.170. The molecule has 0 aliphatic carbocycles. The van der Waals surface area contributed by atoms with Crippen LogP contribution in [-0.4, -0.2) is 35.9 Å². The standard InChI is InChI=1S/C13H19N3O3.ClH/c1-13(2,8-14)9-15(3)12(17)10-4-6-11(7-5-10)16(18)19;/h4-7H,8-9,14H2,1-3H3;1H. The van der Waals surface area contributed by atoms with Crippen molar-refractivity contribution in [1.29, 1.82) is 0 Å². The van der Waals surface area contributed by atoms with Gasteiger partial charge in [0.25, 0.3) is 11.6 Å². The topological polar surface area (TPSA) is 89.5 Å². The smallest absolute Gasteiger partial charge is 0.269 e. The highest BCUT2D eigenvalue weighted by Gasteiger charge is 2.22. The van der Waals surface area contributed by atoms with E-state index in [1.807, 2.05) is 13.8 Å². The molecule has 6 nitrogen and oxygen atoms in total. The van der Waals surface area contributed by atoms with Gasteiger partial charge in [-0.2, -0.15) is 0 Å². The van der Waals surface area contributed by atoms with E-state index < -0.39 is 4.92 Å². The summed E-state index contributed by atoms with van der Waals surface area (Å²) in [5, 5.41) is 10.5. The van der Waals surface area contributed by atoms with Gasteiger partial charge in [-0.15, -0.1) is 12.4 Å². The van der Waals surface area contributed by atoms with Crippen LogP contribution in [0.15, 0.2) is 24.3 Å². The van der Waals surface area contributed by atoms with Crippen molar-refractivity contribution in [1.82, 2.24) is 4.90 Å². The maximum atomic E-state index is 12.1. The minimum Gasteiger partial charge on any atom is -0.341 e. The molecule has 0 saturated carbocycles. The summed E-state index contributed by atoms with van der Waals surface area (Å²) < 4.78 is 0. The van der Waals surface area contributed by atoms with Crippen LogP contribution in [-0.2, 0) is 0 Å². The first-order valence-corrected chi connectivity index (χ1v) is 5.97. The van der Waals surface area contributed by atoms with Gasteiger partial charge in [-0.05, 0) is 24.1 Å². The summed E-state index contributed by atoms with van der Waals surface area (Å²) in [6, 6.07) is 5.59. The number of nitrogens with zero attached hydrogens (tertiary/aromatic N) is 2. The number of non-ortho nitro benzene ring substituents is 1. The van der Waals surface area contributed by atoms with E-state index in [9.17, 15) is 14.9 Å². The molecule has 112 valence electrons. The van der Waals surface area contributed by atoms with Crippen molar-refractivity contribution >= 4 is 24.0 Å². The SMILES string of the molecule is CN(CC(C)(C)CN)C(=O)c1ccc([N+](=O)[O-])cc1.Cl. The van der Waals surface area contributed by atoms with Crippen LogP contribution in [0.2, 0.25) is 0 Å². The molecule has 0 saturated heterocycles. The zero-order chi connectivity index (χ0) is 14.6. The molecule has 0 bridgehead atoms. The monoisotopic (exact) mass is 301 g/mol. The molecule has 1 aromatic rings. The van der Waals surface area contributed by atoms with Crippen LogP contribution in [0, 0.1) is 15.5 Å². The second-order valence-corrected chi connectivity index (χ2v) is 5.33. The molecule has 0 atom stereocenters. The Kier molecular flexibility index (Phi) is 6.61. The van der Waals surface area contributed by atoms with Crippen LogP contribution in [0.5, 0.6) is 0 Å². The van der Waals surface area contributed by atoms with Crippen LogP contribution in [0.3, 0.4) is 0 Å². The Labute approximate surface area is 124 Å². The number of nitro benzene ring substituents is 1. The first-order chi connectivity index (χ1) is 8.76. The summed E-state index contributed by atoms with van der Waals surface area (Å²) in [4.78, 5) is 23.8. The van der Waals surface area contributed by atoms with Crippen molar-refractivity contribution in [2.24, 2.45) is 11.1 Å². The van der Waals surface area contributed by atoms with E-state index in [2.05, 4.69) is 0 Å². The van der Waals surface area contributed by atoms with Gasteiger partial charge in [-0.1, -0.05) is 13.8 Å². The van der Waals surface area contributed by atoms with Gasteiger partial charge in [0, 0.05) is 31.3 Å². The van der Waals surface area contributed by atoms with Crippen molar-refractivity contribution in [3.8, 4) is 0 Å². The highest BCUT2D eigenvalue weighted by Crippen LogP contribution is 2.17. The molecule has 0 aliphatic rings. The van der Waals surface area contributed by atoms with E-state index in [-0.39, 0.29) is 29.4 Å². The predicted molar refractivity (Wildman–Crippen MR) is 80.1 cm³/mol. The number of amides is 1. The fourth-order valence-corrected chi connectivity index (χ4v) is 1.72. The molecule has 1 rings (SSSR count). The number of carbonyl (C=O) groups is 1. The molecule has 0 spiro atoms. The zero-order valence-electron chi connectivity index (χ0n) is 11.8. The van der Waals surface area contributed by atoms with Crippen LogP contribution in [0.1, 0.15) is 24.2 Å². The molecule has 1 aromatic carbocycles. The fraction of sp³-hybridized carbons (Fsp3) is 0.462. The second-order valence-electron chi connectivity index (χ2n) is 5.33. The maximum Gasteiger partial charge on any atom is 0.269 e. The first kappa shape index (κ1) is 18.3. The number of benzene rings is 1. The van der Waals surface area contributed by atoms with E-state index in [1.165, 1.54) is 24.3 Å². The second kappa shape index (κ2) is 7.21. The van der Waals surface area contributed by atoms with Crippen molar-refractivity contribution in [3.63, 3.8) is 0 Å². The Balaban J connectivity index is 0.00000361. The van der Waals surface area contributed by atoms with Gasteiger partial charge in [0.1, 0.15) is 0 Å². The number of nitrogens with two attached hydrogens (primary N) is 1. The summed E-state index contributed by atoms with van der Waals surface area (Å²) >= 11 is 0. The molecule has 0 aromatic heterocycles. The first-order valence-electron chi connectivity index (χ1n) is 5.97. The molecule has 0 radical (unpaired) electrons. The number of carbonyl (C=O) groups excluding carboxylic acids is 1.